The maximum absolute atomic E-state index is 13.7. The zero-order valence-electron chi connectivity index (χ0n) is 19.4. The Morgan fingerprint density at radius 2 is 1.76 bits per heavy atom. The third-order valence-electron chi connectivity index (χ3n) is 5.69. The van der Waals surface area contributed by atoms with Gasteiger partial charge in [0.05, 0.1) is 5.69 Å². The molecular weight excluding hydrogens is 444 g/mol. The second-order valence-electron chi connectivity index (χ2n) is 8.76. The van der Waals surface area contributed by atoms with Crippen molar-refractivity contribution in [2.45, 2.75) is 52.3 Å². The zero-order chi connectivity index (χ0) is 24.9. The van der Waals surface area contributed by atoms with Gasteiger partial charge in [-0.3, -0.25) is 9.78 Å². The molecule has 1 unspecified atom stereocenters. The maximum Gasteiger partial charge on any atom is 0.414 e. The quantitative estimate of drug-likeness (QED) is 0.261. The van der Waals surface area contributed by atoms with E-state index in [2.05, 4.69) is 10.3 Å². The molecule has 34 heavy (non-hydrogen) atoms. The van der Waals surface area contributed by atoms with Crippen molar-refractivity contribution in [1.29, 1.82) is 0 Å². The number of rotatable bonds is 8. The molecule has 1 aliphatic rings. The molecule has 0 radical (unpaired) electrons. The Kier molecular flexibility index (Phi) is 8.07. The predicted molar refractivity (Wildman–Crippen MR) is 124 cm³/mol. The lowest BCUT2D eigenvalue weighted by Gasteiger charge is -2.21. The van der Waals surface area contributed by atoms with Gasteiger partial charge < -0.3 is 5.32 Å². The molecule has 1 aromatic heterocycles. The van der Waals surface area contributed by atoms with E-state index in [9.17, 15) is 22.4 Å². The minimum Gasteiger partial charge on any atom is -0.335 e. The molecule has 1 saturated carbocycles. The molecule has 0 bridgehead atoms. The number of nitrogens with one attached hydrogen (secondary N) is 1. The van der Waals surface area contributed by atoms with Gasteiger partial charge in [-0.05, 0) is 87.4 Å². The second-order valence-corrected chi connectivity index (χ2v) is 8.76. The Balaban J connectivity index is 1.83. The van der Waals surface area contributed by atoms with E-state index in [1.807, 2.05) is 13.0 Å². The number of carbonyl (C=O) groups excluding carboxylic acids is 1. The standard InChI is InChI=1S/C27H28F4N2O/c1-17(2)22(26(34)33-25(27(29,30)31)24-6-4-5-15-32-24)13-14-23(20-9-10-20)18(3)16-19-7-11-21(28)12-8-19/h4-8,11-15,20,25H,9-10,16H2,1-3H3,(H,33,34)/b14-13-,23-18-. The summed E-state index contributed by atoms with van der Waals surface area (Å²) in [6, 6.07) is 8.30. The largest absolute Gasteiger partial charge is 0.414 e. The molecule has 1 aromatic carbocycles. The Bertz CT molecular complexity index is 1090. The molecule has 3 rings (SSSR count). The van der Waals surface area contributed by atoms with E-state index in [0.717, 1.165) is 29.6 Å². The number of halogens is 4. The number of alkyl halides is 3. The molecule has 0 spiro atoms. The highest BCUT2D eigenvalue weighted by Crippen LogP contribution is 2.39. The minimum atomic E-state index is -4.69. The Labute approximate surface area is 197 Å². The SMILES string of the molecule is CC(C)=C(/C=C\C(=C(/C)Cc1ccc(F)cc1)C1CC1)C(=O)NC(c1ccccn1)C(F)(F)F. The van der Waals surface area contributed by atoms with E-state index in [-0.39, 0.29) is 17.1 Å². The van der Waals surface area contributed by atoms with E-state index in [4.69, 9.17) is 0 Å². The van der Waals surface area contributed by atoms with Gasteiger partial charge in [0.2, 0.25) is 0 Å². The van der Waals surface area contributed by atoms with E-state index < -0.39 is 18.1 Å². The number of pyridine rings is 1. The molecule has 1 aliphatic carbocycles. The van der Waals surface area contributed by atoms with Gasteiger partial charge in [-0.25, -0.2) is 4.39 Å². The highest BCUT2D eigenvalue weighted by atomic mass is 19.4. The Morgan fingerprint density at radius 1 is 1.09 bits per heavy atom. The monoisotopic (exact) mass is 472 g/mol. The highest BCUT2D eigenvalue weighted by molar-refractivity contribution is 5.97. The number of allylic oxidation sites excluding steroid dienone is 4. The topological polar surface area (TPSA) is 42.0 Å². The molecule has 0 saturated heterocycles. The first-order valence-electron chi connectivity index (χ1n) is 11.1. The van der Waals surface area contributed by atoms with Gasteiger partial charge in [0, 0.05) is 11.8 Å². The third-order valence-corrected chi connectivity index (χ3v) is 5.69. The number of amides is 1. The van der Waals surface area contributed by atoms with Crippen molar-refractivity contribution in [3.8, 4) is 0 Å². The molecule has 2 aromatic rings. The summed E-state index contributed by atoms with van der Waals surface area (Å²) in [7, 11) is 0. The minimum absolute atomic E-state index is 0.179. The predicted octanol–water partition coefficient (Wildman–Crippen LogP) is 6.80. The Morgan fingerprint density at radius 3 is 2.29 bits per heavy atom. The first-order chi connectivity index (χ1) is 16.1. The lowest BCUT2D eigenvalue weighted by atomic mass is 9.96. The molecule has 0 aliphatic heterocycles. The number of aromatic nitrogens is 1. The summed E-state index contributed by atoms with van der Waals surface area (Å²) in [5.74, 6) is -0.750. The van der Waals surface area contributed by atoms with Crippen LogP contribution in [0.15, 0.2) is 83.1 Å². The highest BCUT2D eigenvalue weighted by Gasteiger charge is 2.43. The normalized spacial score (nSPS) is 15.6. The van der Waals surface area contributed by atoms with Crippen molar-refractivity contribution in [3.05, 3.63) is 100 Å². The fraction of sp³-hybridized carbons (Fsp3) is 0.333. The van der Waals surface area contributed by atoms with E-state index in [1.54, 1.807) is 32.1 Å². The van der Waals surface area contributed by atoms with Crippen molar-refractivity contribution in [2.24, 2.45) is 5.92 Å². The molecule has 180 valence electrons. The van der Waals surface area contributed by atoms with Crippen LogP contribution in [-0.4, -0.2) is 17.1 Å². The van der Waals surface area contributed by atoms with E-state index in [0.29, 0.717) is 17.9 Å². The first-order valence-corrected chi connectivity index (χ1v) is 11.1. The zero-order valence-corrected chi connectivity index (χ0v) is 19.4. The molecule has 1 N–H and O–H groups in total. The number of benzene rings is 1. The van der Waals surface area contributed by atoms with Gasteiger partial charge in [-0.2, -0.15) is 13.2 Å². The van der Waals surface area contributed by atoms with Crippen LogP contribution in [-0.2, 0) is 11.2 Å². The van der Waals surface area contributed by atoms with Crippen LogP contribution in [0.5, 0.6) is 0 Å². The maximum atomic E-state index is 13.7. The average molecular weight is 473 g/mol. The van der Waals surface area contributed by atoms with Gasteiger partial charge in [-0.1, -0.05) is 35.4 Å². The van der Waals surface area contributed by atoms with Gasteiger partial charge >= 0.3 is 6.18 Å². The second kappa shape index (κ2) is 10.8. The van der Waals surface area contributed by atoms with Crippen LogP contribution in [0.3, 0.4) is 0 Å². The number of hydrogen-bond acceptors (Lipinski definition) is 2. The van der Waals surface area contributed by atoms with Crippen LogP contribution in [0.1, 0.15) is 50.9 Å². The van der Waals surface area contributed by atoms with Crippen LogP contribution >= 0.6 is 0 Å². The summed E-state index contributed by atoms with van der Waals surface area (Å²) in [5, 5.41) is 2.11. The van der Waals surface area contributed by atoms with Gasteiger partial charge in [-0.15, -0.1) is 0 Å². The van der Waals surface area contributed by atoms with Crippen LogP contribution in [0, 0.1) is 11.7 Å². The summed E-state index contributed by atoms with van der Waals surface area (Å²) >= 11 is 0. The molecule has 1 amide bonds. The fourth-order valence-electron chi connectivity index (χ4n) is 3.75. The summed E-state index contributed by atoms with van der Waals surface area (Å²) in [5.41, 5.74) is 3.62. The lowest BCUT2D eigenvalue weighted by Crippen LogP contribution is -2.39. The lowest BCUT2D eigenvalue weighted by molar-refractivity contribution is -0.163. The first kappa shape index (κ1) is 25.4. The summed E-state index contributed by atoms with van der Waals surface area (Å²) in [6.07, 6.45) is 2.67. The van der Waals surface area contributed by atoms with Gasteiger partial charge in [0.15, 0.2) is 6.04 Å². The van der Waals surface area contributed by atoms with Crippen LogP contribution in [0.2, 0.25) is 0 Å². The molecule has 1 heterocycles. The van der Waals surface area contributed by atoms with Crippen molar-refractivity contribution in [2.75, 3.05) is 0 Å². The summed E-state index contributed by atoms with van der Waals surface area (Å²) in [6.45, 7) is 5.37. The van der Waals surface area contributed by atoms with Crippen molar-refractivity contribution in [3.63, 3.8) is 0 Å². The van der Waals surface area contributed by atoms with Crippen LogP contribution in [0.4, 0.5) is 17.6 Å². The van der Waals surface area contributed by atoms with Crippen LogP contribution < -0.4 is 5.32 Å². The number of carbonyl (C=O) groups is 1. The average Bonchev–Trinajstić information content (AvgIpc) is 3.61. The summed E-state index contributed by atoms with van der Waals surface area (Å²) in [4.78, 5) is 16.7. The van der Waals surface area contributed by atoms with Crippen LogP contribution in [0.25, 0.3) is 0 Å². The smallest absolute Gasteiger partial charge is 0.335 e. The van der Waals surface area contributed by atoms with Crippen molar-refractivity contribution < 1.29 is 22.4 Å². The van der Waals surface area contributed by atoms with Gasteiger partial charge in [0.25, 0.3) is 5.91 Å². The van der Waals surface area contributed by atoms with Gasteiger partial charge in [0.1, 0.15) is 5.82 Å². The molecule has 3 nitrogen and oxygen atoms in total. The number of nitrogens with zero attached hydrogens (tertiary/aromatic N) is 1. The molecule has 1 fully saturated rings. The van der Waals surface area contributed by atoms with E-state index in [1.165, 1.54) is 36.5 Å². The van der Waals surface area contributed by atoms with Crippen molar-refractivity contribution in [1.82, 2.24) is 10.3 Å². The molecule has 1 atom stereocenters. The summed E-state index contributed by atoms with van der Waals surface area (Å²) < 4.78 is 54.2. The van der Waals surface area contributed by atoms with E-state index >= 15 is 0 Å². The fourth-order valence-corrected chi connectivity index (χ4v) is 3.75. The Hall–Kier alpha value is -3.22. The van der Waals surface area contributed by atoms with Crippen molar-refractivity contribution >= 4 is 5.91 Å². The molecule has 7 heteroatoms. The molecular formula is C27H28F4N2O. The number of hydrogen-bond donors (Lipinski definition) is 1. The third kappa shape index (κ3) is 6.89.